The summed E-state index contributed by atoms with van der Waals surface area (Å²) in [5.74, 6) is 0. The summed E-state index contributed by atoms with van der Waals surface area (Å²) in [5.41, 5.74) is -0.451. The van der Waals surface area contributed by atoms with Gasteiger partial charge >= 0.3 is 6.18 Å². The second kappa shape index (κ2) is 6.35. The molecule has 5 nitrogen and oxygen atoms in total. The molecule has 0 atom stereocenters. The van der Waals surface area contributed by atoms with Crippen molar-refractivity contribution in [2.45, 2.75) is 50.6 Å². The van der Waals surface area contributed by atoms with E-state index in [9.17, 15) is 23.1 Å². The number of rotatable bonds is 3. The number of hydrogen-bond acceptors (Lipinski definition) is 4. The van der Waals surface area contributed by atoms with E-state index in [-0.39, 0.29) is 16.6 Å². The molecule has 1 fully saturated rings. The quantitative estimate of drug-likeness (QED) is 0.857. The zero-order valence-electron chi connectivity index (χ0n) is 11.0. The Morgan fingerprint density at radius 3 is 2.57 bits per heavy atom. The zero-order chi connectivity index (χ0) is 15.6. The van der Waals surface area contributed by atoms with Gasteiger partial charge in [-0.3, -0.25) is 4.79 Å². The lowest BCUT2D eigenvalue weighted by Crippen LogP contribution is -2.33. The van der Waals surface area contributed by atoms with Crippen molar-refractivity contribution in [1.82, 2.24) is 9.78 Å². The monoisotopic (exact) mass is 369 g/mol. The highest BCUT2D eigenvalue weighted by Crippen LogP contribution is 2.25. The first kappa shape index (κ1) is 16.3. The Morgan fingerprint density at radius 1 is 1.38 bits per heavy atom. The predicted molar refractivity (Wildman–Crippen MR) is 74.1 cm³/mol. The van der Waals surface area contributed by atoms with Crippen LogP contribution in [-0.4, -0.2) is 33.2 Å². The van der Waals surface area contributed by atoms with Crippen LogP contribution in [0, 0.1) is 0 Å². The maximum Gasteiger partial charge on any atom is 0.408 e. The molecule has 1 aliphatic carbocycles. The highest BCUT2D eigenvalue weighted by atomic mass is 79.9. The molecular formula is C12H15BrF3N3O2. The molecule has 9 heteroatoms. The summed E-state index contributed by atoms with van der Waals surface area (Å²) in [7, 11) is 0. The Bertz CT molecular complexity index is 554. The lowest BCUT2D eigenvalue weighted by Gasteiger charge is -2.27. The average Bonchev–Trinajstić information content (AvgIpc) is 2.39. The summed E-state index contributed by atoms with van der Waals surface area (Å²) in [4.78, 5) is 11.8. The Labute approximate surface area is 127 Å². The van der Waals surface area contributed by atoms with Gasteiger partial charge in [0.15, 0.2) is 0 Å². The molecule has 21 heavy (non-hydrogen) atoms. The Balaban J connectivity index is 2.12. The molecule has 0 amide bonds. The van der Waals surface area contributed by atoms with Crippen LogP contribution in [0.3, 0.4) is 0 Å². The van der Waals surface area contributed by atoms with Gasteiger partial charge in [0.25, 0.3) is 5.56 Å². The number of hydrogen-bond donors (Lipinski definition) is 2. The van der Waals surface area contributed by atoms with Crippen molar-refractivity contribution in [2.75, 3.05) is 5.32 Å². The Kier molecular flexibility index (Phi) is 4.92. The summed E-state index contributed by atoms with van der Waals surface area (Å²) in [6.45, 7) is -1.42. The van der Waals surface area contributed by atoms with Crippen LogP contribution in [0.15, 0.2) is 15.5 Å². The van der Waals surface area contributed by atoms with Crippen molar-refractivity contribution >= 4 is 21.6 Å². The van der Waals surface area contributed by atoms with E-state index in [0.29, 0.717) is 23.2 Å². The van der Waals surface area contributed by atoms with Crippen LogP contribution >= 0.6 is 15.9 Å². The second-order valence-corrected chi connectivity index (χ2v) is 5.89. The van der Waals surface area contributed by atoms with Gasteiger partial charge in [-0.05, 0) is 41.6 Å². The fourth-order valence-corrected chi connectivity index (χ4v) is 2.71. The number of nitrogens with one attached hydrogen (secondary N) is 1. The van der Waals surface area contributed by atoms with E-state index in [1.807, 2.05) is 0 Å². The number of aromatic nitrogens is 2. The van der Waals surface area contributed by atoms with Crippen LogP contribution in [0.4, 0.5) is 18.9 Å². The molecule has 0 bridgehead atoms. The van der Waals surface area contributed by atoms with Gasteiger partial charge in [-0.25, -0.2) is 4.68 Å². The molecule has 0 radical (unpaired) electrons. The molecular weight excluding hydrogens is 355 g/mol. The summed E-state index contributed by atoms with van der Waals surface area (Å²) < 4.78 is 37.3. The second-order valence-electron chi connectivity index (χ2n) is 5.10. The van der Waals surface area contributed by atoms with Crippen molar-refractivity contribution in [2.24, 2.45) is 0 Å². The van der Waals surface area contributed by atoms with Crippen LogP contribution in [0.1, 0.15) is 25.7 Å². The fraction of sp³-hybridized carbons (Fsp3) is 0.667. The molecule has 0 aliphatic heterocycles. The third kappa shape index (κ3) is 4.44. The van der Waals surface area contributed by atoms with E-state index in [1.165, 1.54) is 6.20 Å². The van der Waals surface area contributed by atoms with Gasteiger partial charge < -0.3 is 10.4 Å². The first-order valence-electron chi connectivity index (χ1n) is 6.53. The zero-order valence-corrected chi connectivity index (χ0v) is 12.6. The van der Waals surface area contributed by atoms with Crippen LogP contribution in [0.25, 0.3) is 0 Å². The number of aliphatic hydroxyl groups excluding tert-OH is 1. The van der Waals surface area contributed by atoms with E-state index in [1.54, 1.807) is 0 Å². The highest BCUT2D eigenvalue weighted by molar-refractivity contribution is 9.10. The minimum Gasteiger partial charge on any atom is -0.393 e. The fourth-order valence-electron chi connectivity index (χ4n) is 2.29. The van der Waals surface area contributed by atoms with E-state index in [2.05, 4.69) is 26.3 Å². The minimum atomic E-state index is -4.50. The van der Waals surface area contributed by atoms with E-state index in [0.717, 1.165) is 12.8 Å². The molecule has 0 unspecified atom stereocenters. The van der Waals surface area contributed by atoms with Crippen LogP contribution < -0.4 is 10.9 Å². The van der Waals surface area contributed by atoms with Crippen LogP contribution in [-0.2, 0) is 6.54 Å². The molecule has 0 saturated heterocycles. The van der Waals surface area contributed by atoms with E-state index in [4.69, 9.17) is 0 Å². The minimum absolute atomic E-state index is 0.0351. The van der Waals surface area contributed by atoms with Crippen molar-refractivity contribution in [3.05, 3.63) is 21.0 Å². The maximum atomic E-state index is 12.3. The molecule has 1 saturated carbocycles. The van der Waals surface area contributed by atoms with Gasteiger partial charge in [-0.15, -0.1) is 0 Å². The van der Waals surface area contributed by atoms with Gasteiger partial charge in [0, 0.05) is 6.04 Å². The Morgan fingerprint density at radius 2 is 2.00 bits per heavy atom. The van der Waals surface area contributed by atoms with Gasteiger partial charge in [0.2, 0.25) is 0 Å². The normalized spacial score (nSPS) is 23.1. The van der Waals surface area contributed by atoms with Crippen molar-refractivity contribution < 1.29 is 18.3 Å². The van der Waals surface area contributed by atoms with Crippen LogP contribution in [0.5, 0.6) is 0 Å². The predicted octanol–water partition coefficient (Wildman–Crippen LogP) is 2.28. The first-order chi connectivity index (χ1) is 9.76. The molecule has 1 aliphatic rings. The summed E-state index contributed by atoms with van der Waals surface area (Å²) >= 11 is 3.02. The molecule has 0 spiro atoms. The number of aliphatic hydroxyl groups is 1. The van der Waals surface area contributed by atoms with E-state index >= 15 is 0 Å². The molecule has 2 N–H and O–H groups in total. The van der Waals surface area contributed by atoms with Gasteiger partial charge in [0.05, 0.1) is 18.0 Å². The standard InChI is InChI=1S/C12H15BrF3N3O2/c13-10-9(18-7-1-3-8(20)4-2-7)5-17-19(11(10)21)6-12(14,15)16/h5,7-8,18,20H,1-4,6H2. The number of anilines is 1. The molecule has 118 valence electrons. The summed E-state index contributed by atoms with van der Waals surface area (Å²) in [5, 5.41) is 16.1. The molecule has 1 heterocycles. The van der Waals surface area contributed by atoms with Gasteiger partial charge in [-0.2, -0.15) is 18.3 Å². The first-order valence-corrected chi connectivity index (χ1v) is 7.32. The smallest absolute Gasteiger partial charge is 0.393 e. The third-order valence-corrected chi connectivity index (χ3v) is 4.14. The summed E-state index contributed by atoms with van der Waals surface area (Å²) in [6.07, 6.45) is -0.794. The van der Waals surface area contributed by atoms with Gasteiger partial charge in [0.1, 0.15) is 11.0 Å². The average molecular weight is 370 g/mol. The topological polar surface area (TPSA) is 67.2 Å². The highest BCUT2D eigenvalue weighted by Gasteiger charge is 2.30. The lowest BCUT2D eigenvalue weighted by atomic mass is 9.93. The largest absolute Gasteiger partial charge is 0.408 e. The Hall–Kier alpha value is -1.09. The molecule has 1 aromatic heterocycles. The number of halogens is 4. The van der Waals surface area contributed by atoms with E-state index < -0.39 is 18.3 Å². The number of nitrogens with zero attached hydrogens (tertiary/aromatic N) is 2. The summed E-state index contributed by atoms with van der Waals surface area (Å²) in [6, 6.07) is 0.0735. The van der Waals surface area contributed by atoms with Crippen molar-refractivity contribution in [3.63, 3.8) is 0 Å². The maximum absolute atomic E-state index is 12.3. The number of alkyl halides is 3. The van der Waals surface area contributed by atoms with Crippen molar-refractivity contribution in [1.29, 1.82) is 0 Å². The molecule has 2 rings (SSSR count). The third-order valence-electron chi connectivity index (χ3n) is 3.37. The van der Waals surface area contributed by atoms with Crippen LogP contribution in [0.2, 0.25) is 0 Å². The lowest BCUT2D eigenvalue weighted by molar-refractivity contribution is -0.143. The van der Waals surface area contributed by atoms with Crippen molar-refractivity contribution in [3.8, 4) is 0 Å². The van der Waals surface area contributed by atoms with Gasteiger partial charge in [-0.1, -0.05) is 0 Å². The molecule has 1 aromatic rings. The SMILES string of the molecule is O=c1c(Br)c(NC2CCC(O)CC2)cnn1CC(F)(F)F. The molecule has 0 aromatic carbocycles.